The highest BCUT2D eigenvalue weighted by molar-refractivity contribution is 7.84. The molecule has 0 rings (SSSR count). The maximum Gasteiger partial charge on any atom is 0.220 e. The zero-order chi connectivity index (χ0) is 11.0. The van der Waals surface area contributed by atoms with E-state index in [0.717, 1.165) is 12.8 Å². The van der Waals surface area contributed by atoms with Gasteiger partial charge in [-0.05, 0) is 19.8 Å². The summed E-state index contributed by atoms with van der Waals surface area (Å²) < 4.78 is 10.8. The van der Waals surface area contributed by atoms with E-state index >= 15 is 0 Å². The van der Waals surface area contributed by atoms with Gasteiger partial charge in [0, 0.05) is 41.2 Å². The van der Waals surface area contributed by atoms with Gasteiger partial charge in [-0.1, -0.05) is 0 Å². The second-order valence-electron chi connectivity index (χ2n) is 3.35. The van der Waals surface area contributed by atoms with E-state index < -0.39 is 10.8 Å². The molecule has 0 aliphatic heterocycles. The first-order chi connectivity index (χ1) is 6.56. The molecule has 0 radical (unpaired) electrons. The Labute approximate surface area is 93.0 Å². The van der Waals surface area contributed by atoms with E-state index in [-0.39, 0.29) is 11.9 Å². The maximum atomic E-state index is 11.3. The van der Waals surface area contributed by atoms with Gasteiger partial charge in [0.2, 0.25) is 5.91 Å². The predicted molar refractivity (Wildman–Crippen MR) is 61.1 cm³/mol. The first-order valence-corrected chi connectivity index (χ1v) is 6.97. The Bertz CT molecular complexity index is 199. The van der Waals surface area contributed by atoms with Crippen LogP contribution in [0.25, 0.3) is 0 Å². The number of hydrogen-bond donors (Lipinski definition) is 1. The number of nitrogens with one attached hydrogen (secondary N) is 1. The van der Waals surface area contributed by atoms with Crippen molar-refractivity contribution >= 4 is 28.3 Å². The third-order valence-electron chi connectivity index (χ3n) is 1.68. The minimum Gasteiger partial charge on any atom is -0.353 e. The average Bonchev–Trinajstić information content (AvgIpc) is 2.02. The van der Waals surface area contributed by atoms with Gasteiger partial charge in [0.15, 0.2) is 0 Å². The van der Waals surface area contributed by atoms with Gasteiger partial charge in [0.25, 0.3) is 0 Å². The zero-order valence-corrected chi connectivity index (χ0v) is 10.3. The molecule has 0 saturated carbocycles. The quantitative estimate of drug-likeness (QED) is 0.538. The third kappa shape index (κ3) is 8.51. The van der Waals surface area contributed by atoms with Crippen LogP contribution in [0.2, 0.25) is 0 Å². The molecule has 14 heavy (non-hydrogen) atoms. The third-order valence-corrected chi connectivity index (χ3v) is 2.92. The minimum absolute atomic E-state index is 0.00988. The Morgan fingerprint density at radius 2 is 2.14 bits per heavy atom. The Morgan fingerprint density at radius 1 is 1.50 bits per heavy atom. The van der Waals surface area contributed by atoms with Gasteiger partial charge < -0.3 is 5.32 Å². The maximum absolute atomic E-state index is 11.3. The van der Waals surface area contributed by atoms with Crippen molar-refractivity contribution < 1.29 is 9.00 Å². The number of halogens is 1. The fourth-order valence-electron chi connectivity index (χ4n) is 1.12. The zero-order valence-electron chi connectivity index (χ0n) is 8.72. The fourth-order valence-corrected chi connectivity index (χ4v) is 2.10. The Kier molecular flexibility index (Phi) is 8.18. The van der Waals surface area contributed by atoms with E-state index in [1.807, 2.05) is 6.92 Å². The summed E-state index contributed by atoms with van der Waals surface area (Å²) in [5.41, 5.74) is 0. The average molecular weight is 240 g/mol. The smallest absolute Gasteiger partial charge is 0.220 e. The van der Waals surface area contributed by atoms with Gasteiger partial charge in [0.1, 0.15) is 0 Å². The van der Waals surface area contributed by atoms with Gasteiger partial charge >= 0.3 is 0 Å². The van der Waals surface area contributed by atoms with Crippen LogP contribution in [0.15, 0.2) is 0 Å². The largest absolute Gasteiger partial charge is 0.353 e. The second-order valence-corrected chi connectivity index (χ2v) is 5.21. The van der Waals surface area contributed by atoms with Gasteiger partial charge in [-0.2, -0.15) is 0 Å². The molecule has 5 heteroatoms. The first-order valence-electron chi connectivity index (χ1n) is 4.71. The van der Waals surface area contributed by atoms with Crippen LogP contribution in [0, 0.1) is 0 Å². The van der Waals surface area contributed by atoms with Crippen LogP contribution in [0.5, 0.6) is 0 Å². The Morgan fingerprint density at radius 3 is 2.64 bits per heavy atom. The van der Waals surface area contributed by atoms with E-state index in [4.69, 9.17) is 11.6 Å². The van der Waals surface area contributed by atoms with E-state index in [1.54, 1.807) is 6.26 Å². The molecule has 0 heterocycles. The molecular formula is C9H18ClNO2S. The van der Waals surface area contributed by atoms with Crippen molar-refractivity contribution in [2.45, 2.75) is 32.2 Å². The summed E-state index contributed by atoms with van der Waals surface area (Å²) in [4.78, 5) is 11.3. The molecule has 0 aromatic carbocycles. The lowest BCUT2D eigenvalue weighted by Gasteiger charge is -2.11. The van der Waals surface area contributed by atoms with Crippen molar-refractivity contribution in [2.24, 2.45) is 0 Å². The number of amides is 1. The summed E-state index contributed by atoms with van der Waals surface area (Å²) in [5, 5.41) is 2.80. The van der Waals surface area contributed by atoms with E-state index in [0.29, 0.717) is 18.1 Å². The molecule has 2 atom stereocenters. The summed E-state index contributed by atoms with van der Waals surface area (Å²) in [6.45, 7) is 1.86. The minimum atomic E-state index is -0.855. The molecule has 3 nitrogen and oxygen atoms in total. The van der Waals surface area contributed by atoms with Gasteiger partial charge in [-0.15, -0.1) is 11.6 Å². The normalized spacial score (nSPS) is 14.8. The fraction of sp³-hybridized carbons (Fsp3) is 0.889. The number of unbranched alkanes of at least 4 members (excludes halogenated alkanes) is 1. The second kappa shape index (κ2) is 8.24. The molecule has 0 aromatic heterocycles. The van der Waals surface area contributed by atoms with Gasteiger partial charge in [-0.3, -0.25) is 9.00 Å². The van der Waals surface area contributed by atoms with Crippen molar-refractivity contribution in [1.29, 1.82) is 0 Å². The predicted octanol–water partition coefficient (Wildman–Crippen LogP) is 1.28. The molecule has 84 valence electrons. The highest BCUT2D eigenvalue weighted by Crippen LogP contribution is 1.97. The Hall–Kier alpha value is -0.0900. The van der Waals surface area contributed by atoms with Crippen molar-refractivity contribution in [2.75, 3.05) is 17.9 Å². The molecular weight excluding hydrogens is 222 g/mol. The van der Waals surface area contributed by atoms with Crippen LogP contribution >= 0.6 is 11.6 Å². The SMILES string of the molecule is CC(CS(C)=O)NC(=O)CCCCCl. The standard InChI is InChI=1S/C9H18ClNO2S/c1-8(7-14(2)13)11-9(12)5-3-4-6-10/h8H,3-7H2,1-2H3,(H,11,12). The molecule has 0 aromatic rings. The molecule has 0 fully saturated rings. The lowest BCUT2D eigenvalue weighted by Crippen LogP contribution is -2.36. The van der Waals surface area contributed by atoms with E-state index in [9.17, 15) is 9.00 Å². The van der Waals surface area contributed by atoms with Crippen LogP contribution in [0.3, 0.4) is 0 Å². The molecule has 0 bridgehead atoms. The molecule has 0 spiro atoms. The number of rotatable bonds is 7. The monoisotopic (exact) mass is 239 g/mol. The van der Waals surface area contributed by atoms with E-state index in [2.05, 4.69) is 5.32 Å². The van der Waals surface area contributed by atoms with Crippen LogP contribution in [-0.2, 0) is 15.6 Å². The summed E-state index contributed by atoms with van der Waals surface area (Å²) in [6, 6.07) is -0.00988. The number of carbonyl (C=O) groups is 1. The van der Waals surface area contributed by atoms with E-state index in [1.165, 1.54) is 0 Å². The molecule has 0 aliphatic carbocycles. The topological polar surface area (TPSA) is 46.2 Å². The Balaban J connectivity index is 3.55. The molecule has 1 amide bonds. The van der Waals surface area contributed by atoms with Crippen LogP contribution in [0.1, 0.15) is 26.2 Å². The van der Waals surface area contributed by atoms with Gasteiger partial charge in [-0.25, -0.2) is 0 Å². The van der Waals surface area contributed by atoms with Crippen LogP contribution in [0.4, 0.5) is 0 Å². The number of alkyl halides is 1. The number of hydrogen-bond acceptors (Lipinski definition) is 2. The van der Waals surface area contributed by atoms with Crippen LogP contribution < -0.4 is 5.32 Å². The molecule has 0 saturated heterocycles. The molecule has 0 aliphatic rings. The van der Waals surface area contributed by atoms with Crippen molar-refractivity contribution in [1.82, 2.24) is 5.32 Å². The molecule has 2 unspecified atom stereocenters. The van der Waals surface area contributed by atoms with Crippen LogP contribution in [-0.4, -0.2) is 34.0 Å². The summed E-state index contributed by atoms with van der Waals surface area (Å²) in [5.74, 6) is 1.14. The molecule has 1 N–H and O–H groups in total. The highest BCUT2D eigenvalue weighted by Gasteiger charge is 2.07. The summed E-state index contributed by atoms with van der Waals surface area (Å²) in [7, 11) is -0.855. The first kappa shape index (κ1) is 13.9. The summed E-state index contributed by atoms with van der Waals surface area (Å²) in [6.07, 6.45) is 3.82. The van der Waals surface area contributed by atoms with Crippen molar-refractivity contribution in [3.63, 3.8) is 0 Å². The van der Waals surface area contributed by atoms with Gasteiger partial charge in [0.05, 0.1) is 0 Å². The highest BCUT2D eigenvalue weighted by atomic mass is 35.5. The summed E-state index contributed by atoms with van der Waals surface area (Å²) >= 11 is 5.49. The number of carbonyl (C=O) groups excluding carboxylic acids is 1. The lowest BCUT2D eigenvalue weighted by atomic mass is 10.2. The lowest BCUT2D eigenvalue weighted by molar-refractivity contribution is -0.121. The van der Waals surface area contributed by atoms with Crippen molar-refractivity contribution in [3.8, 4) is 0 Å². The van der Waals surface area contributed by atoms with Crippen molar-refractivity contribution in [3.05, 3.63) is 0 Å².